The molecule has 3 heteroatoms. The molecule has 0 spiro atoms. The summed E-state index contributed by atoms with van der Waals surface area (Å²) in [7, 11) is 1.63. The molecule has 1 aromatic rings. The zero-order chi connectivity index (χ0) is 12.7. The molecule has 0 aromatic heterocycles. The van der Waals surface area contributed by atoms with Crippen LogP contribution >= 0.6 is 15.9 Å². The Hall–Kier alpha value is -0.540. The largest absolute Gasteiger partial charge is 0.495 e. The fraction of sp³-hybridized carbons (Fsp3) is 0.571. The number of hydrogen-bond donors (Lipinski definition) is 1. The first-order chi connectivity index (χ1) is 8.20. The van der Waals surface area contributed by atoms with Crippen molar-refractivity contribution < 1.29 is 9.84 Å². The van der Waals surface area contributed by atoms with Gasteiger partial charge in [0.05, 0.1) is 17.7 Å². The van der Waals surface area contributed by atoms with Gasteiger partial charge in [-0.05, 0) is 28.4 Å². The molecule has 0 fully saturated rings. The van der Waals surface area contributed by atoms with Crippen LogP contribution in [0.25, 0.3) is 0 Å². The summed E-state index contributed by atoms with van der Waals surface area (Å²) >= 11 is 3.43. The van der Waals surface area contributed by atoms with Crippen LogP contribution in [0.1, 0.15) is 50.7 Å². The van der Waals surface area contributed by atoms with E-state index in [0.29, 0.717) is 0 Å². The van der Waals surface area contributed by atoms with Gasteiger partial charge in [-0.2, -0.15) is 0 Å². The van der Waals surface area contributed by atoms with E-state index in [1.165, 1.54) is 19.3 Å². The van der Waals surface area contributed by atoms with Gasteiger partial charge in [0.15, 0.2) is 0 Å². The Morgan fingerprint density at radius 3 is 2.71 bits per heavy atom. The third kappa shape index (κ3) is 4.32. The molecule has 0 unspecified atom stereocenters. The van der Waals surface area contributed by atoms with Gasteiger partial charge in [0, 0.05) is 5.56 Å². The van der Waals surface area contributed by atoms with E-state index in [4.69, 9.17) is 4.74 Å². The molecule has 1 N–H and O–H groups in total. The summed E-state index contributed by atoms with van der Waals surface area (Å²) in [5.41, 5.74) is 0.873. The lowest BCUT2D eigenvalue weighted by Gasteiger charge is -2.15. The molecule has 1 aromatic carbocycles. The molecule has 0 aliphatic heterocycles. The molecule has 0 aliphatic carbocycles. The minimum absolute atomic E-state index is 0.431. The van der Waals surface area contributed by atoms with Gasteiger partial charge in [0.2, 0.25) is 0 Å². The van der Waals surface area contributed by atoms with Gasteiger partial charge >= 0.3 is 0 Å². The van der Waals surface area contributed by atoms with Gasteiger partial charge in [0.1, 0.15) is 5.75 Å². The average Bonchev–Trinajstić information content (AvgIpc) is 2.34. The maximum Gasteiger partial charge on any atom is 0.138 e. The Labute approximate surface area is 112 Å². The van der Waals surface area contributed by atoms with Crippen LogP contribution in [0.15, 0.2) is 22.7 Å². The molecule has 0 bridgehead atoms. The molecule has 2 nitrogen and oxygen atoms in total. The number of benzene rings is 1. The highest BCUT2D eigenvalue weighted by Gasteiger charge is 2.14. The van der Waals surface area contributed by atoms with Crippen LogP contribution in [-0.4, -0.2) is 12.2 Å². The maximum absolute atomic E-state index is 10.2. The van der Waals surface area contributed by atoms with Crippen molar-refractivity contribution in [1.82, 2.24) is 0 Å². The second-order valence-corrected chi connectivity index (χ2v) is 5.08. The number of ether oxygens (including phenoxy) is 1. The first-order valence-corrected chi connectivity index (χ1v) is 7.00. The third-order valence-electron chi connectivity index (χ3n) is 2.89. The second-order valence-electron chi connectivity index (χ2n) is 4.23. The van der Waals surface area contributed by atoms with Crippen LogP contribution in [0.5, 0.6) is 5.75 Å². The molecule has 0 amide bonds. The summed E-state index contributed by atoms with van der Waals surface area (Å²) in [6.07, 6.45) is 5.07. The Morgan fingerprint density at radius 2 is 2.06 bits per heavy atom. The number of methoxy groups -OCH3 is 1. The van der Waals surface area contributed by atoms with E-state index in [1.807, 2.05) is 18.2 Å². The van der Waals surface area contributed by atoms with Crippen LogP contribution in [0.4, 0.5) is 0 Å². The summed E-state index contributed by atoms with van der Waals surface area (Å²) in [6, 6.07) is 5.78. The average molecular weight is 301 g/mol. The fourth-order valence-electron chi connectivity index (χ4n) is 1.92. The van der Waals surface area contributed by atoms with Gasteiger partial charge in [-0.1, -0.05) is 44.7 Å². The number of halogens is 1. The molecule has 0 saturated carbocycles. The Bertz CT molecular complexity index is 339. The zero-order valence-corrected chi connectivity index (χ0v) is 12.2. The normalized spacial score (nSPS) is 12.5. The number of rotatable bonds is 7. The van der Waals surface area contributed by atoms with Crippen LogP contribution in [-0.2, 0) is 0 Å². The SMILES string of the molecule is CCCCCC[C@@H](O)c1cccc(Br)c1OC. The first-order valence-electron chi connectivity index (χ1n) is 6.21. The summed E-state index contributed by atoms with van der Waals surface area (Å²) in [5.74, 6) is 0.746. The van der Waals surface area contributed by atoms with Crippen molar-refractivity contribution in [2.75, 3.05) is 7.11 Å². The van der Waals surface area contributed by atoms with E-state index in [0.717, 1.165) is 28.6 Å². The van der Waals surface area contributed by atoms with Crippen molar-refractivity contribution in [1.29, 1.82) is 0 Å². The Kier molecular flexibility index (Phi) is 6.60. The quantitative estimate of drug-likeness (QED) is 0.753. The summed E-state index contributed by atoms with van der Waals surface area (Å²) < 4.78 is 6.21. The number of aliphatic hydroxyl groups excluding tert-OH is 1. The minimum Gasteiger partial charge on any atom is -0.495 e. The highest BCUT2D eigenvalue weighted by Crippen LogP contribution is 2.34. The smallest absolute Gasteiger partial charge is 0.138 e. The van der Waals surface area contributed by atoms with Crippen molar-refractivity contribution >= 4 is 15.9 Å². The number of hydrogen-bond acceptors (Lipinski definition) is 2. The van der Waals surface area contributed by atoms with E-state index in [2.05, 4.69) is 22.9 Å². The molecule has 0 heterocycles. The molecule has 0 aliphatic rings. The lowest BCUT2D eigenvalue weighted by Crippen LogP contribution is -2.01. The molecule has 0 radical (unpaired) electrons. The fourth-order valence-corrected chi connectivity index (χ4v) is 2.47. The van der Waals surface area contributed by atoms with Crippen molar-refractivity contribution in [2.24, 2.45) is 0 Å². The molecule has 1 rings (SSSR count). The van der Waals surface area contributed by atoms with E-state index < -0.39 is 6.10 Å². The predicted molar refractivity (Wildman–Crippen MR) is 74.4 cm³/mol. The van der Waals surface area contributed by atoms with E-state index in [1.54, 1.807) is 7.11 Å². The Morgan fingerprint density at radius 1 is 1.29 bits per heavy atom. The Balaban J connectivity index is 2.61. The van der Waals surface area contributed by atoms with Crippen LogP contribution in [0.3, 0.4) is 0 Å². The van der Waals surface area contributed by atoms with Crippen molar-refractivity contribution in [2.45, 2.75) is 45.1 Å². The zero-order valence-electron chi connectivity index (χ0n) is 10.6. The summed E-state index contributed by atoms with van der Waals surface area (Å²) in [5, 5.41) is 10.2. The maximum atomic E-state index is 10.2. The van der Waals surface area contributed by atoms with Crippen LogP contribution in [0.2, 0.25) is 0 Å². The summed E-state index contributed by atoms with van der Waals surface area (Å²) in [6.45, 7) is 2.19. The minimum atomic E-state index is -0.431. The van der Waals surface area contributed by atoms with Gasteiger partial charge in [-0.3, -0.25) is 0 Å². The molecule has 96 valence electrons. The standard InChI is InChI=1S/C14H21BrO2/c1-3-4-5-6-10-13(16)11-8-7-9-12(15)14(11)17-2/h7-9,13,16H,3-6,10H2,1-2H3/t13-/m1/s1. The highest BCUT2D eigenvalue weighted by molar-refractivity contribution is 9.10. The van der Waals surface area contributed by atoms with Crippen molar-refractivity contribution in [3.63, 3.8) is 0 Å². The third-order valence-corrected chi connectivity index (χ3v) is 3.52. The topological polar surface area (TPSA) is 29.5 Å². The van der Waals surface area contributed by atoms with Crippen molar-refractivity contribution in [3.05, 3.63) is 28.2 Å². The number of unbranched alkanes of at least 4 members (excludes halogenated alkanes) is 3. The van der Waals surface area contributed by atoms with E-state index in [9.17, 15) is 5.11 Å². The lowest BCUT2D eigenvalue weighted by molar-refractivity contribution is 0.159. The van der Waals surface area contributed by atoms with Crippen LogP contribution in [0, 0.1) is 0 Å². The van der Waals surface area contributed by atoms with Gasteiger partial charge < -0.3 is 9.84 Å². The second kappa shape index (κ2) is 7.72. The lowest BCUT2D eigenvalue weighted by atomic mass is 10.0. The van der Waals surface area contributed by atoms with Crippen molar-refractivity contribution in [3.8, 4) is 5.75 Å². The highest BCUT2D eigenvalue weighted by atomic mass is 79.9. The monoisotopic (exact) mass is 300 g/mol. The molecule has 0 saturated heterocycles. The molecular weight excluding hydrogens is 280 g/mol. The molecular formula is C14H21BrO2. The van der Waals surface area contributed by atoms with Gasteiger partial charge in [-0.25, -0.2) is 0 Å². The summed E-state index contributed by atoms with van der Waals surface area (Å²) in [4.78, 5) is 0. The molecule has 1 atom stereocenters. The number of aliphatic hydroxyl groups is 1. The molecule has 17 heavy (non-hydrogen) atoms. The predicted octanol–water partition coefficient (Wildman–Crippen LogP) is 4.46. The number of para-hydroxylation sites is 1. The van der Waals surface area contributed by atoms with Gasteiger partial charge in [0.25, 0.3) is 0 Å². The van der Waals surface area contributed by atoms with E-state index >= 15 is 0 Å². The first kappa shape index (κ1) is 14.5. The van der Waals surface area contributed by atoms with Crippen LogP contribution < -0.4 is 4.74 Å². The van der Waals surface area contributed by atoms with Gasteiger partial charge in [-0.15, -0.1) is 0 Å². The van der Waals surface area contributed by atoms with E-state index in [-0.39, 0.29) is 0 Å².